The van der Waals surface area contributed by atoms with Crippen molar-refractivity contribution in [2.45, 2.75) is 50.9 Å². The first-order valence-corrected chi connectivity index (χ1v) is 7.29. The molecule has 0 spiro atoms. The average molecular weight is 325 g/mol. The maximum Gasteiger partial charge on any atom is 0.405 e. The van der Waals surface area contributed by atoms with Crippen LogP contribution in [0.25, 0.3) is 0 Å². The van der Waals surface area contributed by atoms with E-state index in [0.717, 1.165) is 5.01 Å². The van der Waals surface area contributed by atoms with E-state index >= 15 is 0 Å². The van der Waals surface area contributed by atoms with Gasteiger partial charge in [0.05, 0.1) is 11.6 Å². The maximum atomic E-state index is 13.5. The van der Waals surface area contributed by atoms with Crippen molar-refractivity contribution in [3.05, 3.63) is 35.4 Å². The first-order chi connectivity index (χ1) is 10.6. The molecule has 0 aliphatic carbocycles. The lowest BCUT2D eigenvalue weighted by atomic mass is 9.96. The quantitative estimate of drug-likeness (QED) is 0.926. The van der Waals surface area contributed by atoms with E-state index in [2.05, 4.69) is 5.43 Å². The van der Waals surface area contributed by atoms with Crippen LogP contribution < -0.4 is 5.43 Å². The Bertz CT molecular complexity index is 634. The summed E-state index contributed by atoms with van der Waals surface area (Å²) in [6.45, 7) is 3.21. The number of carbonyl (C=O) groups excluding carboxylic acids is 1. The molecule has 0 aromatic heterocycles. The summed E-state index contributed by atoms with van der Waals surface area (Å²) >= 11 is 0. The summed E-state index contributed by atoms with van der Waals surface area (Å²) in [7, 11) is 0. The fraction of sp³-hybridized carbons (Fsp3) is 0.500. The molecule has 1 atom stereocenters. The predicted octanol–water partition coefficient (Wildman–Crippen LogP) is 2.94. The van der Waals surface area contributed by atoms with Crippen molar-refractivity contribution >= 4 is 5.91 Å². The van der Waals surface area contributed by atoms with Crippen molar-refractivity contribution in [1.29, 1.82) is 5.26 Å². The molecule has 1 aliphatic rings. The second-order valence-corrected chi connectivity index (χ2v) is 6.26. The SMILES string of the molecule is CC1(C)CC(=O)NN1[C@@H](CCc1ccccc1C#N)C(F)(F)F. The molecule has 4 nitrogen and oxygen atoms in total. The second kappa shape index (κ2) is 6.20. The number of halogens is 3. The number of hydrogen-bond acceptors (Lipinski definition) is 3. The monoisotopic (exact) mass is 325 g/mol. The van der Waals surface area contributed by atoms with Crippen LogP contribution >= 0.6 is 0 Å². The van der Waals surface area contributed by atoms with E-state index in [0.29, 0.717) is 11.1 Å². The molecule has 1 amide bonds. The molecule has 1 heterocycles. The van der Waals surface area contributed by atoms with Gasteiger partial charge in [-0.25, -0.2) is 5.01 Å². The van der Waals surface area contributed by atoms with Gasteiger partial charge in [0.2, 0.25) is 5.91 Å². The Morgan fingerprint density at radius 2 is 2.04 bits per heavy atom. The molecule has 1 N–H and O–H groups in total. The summed E-state index contributed by atoms with van der Waals surface area (Å²) in [5, 5.41) is 10.0. The lowest BCUT2D eigenvalue weighted by Crippen LogP contribution is -2.56. The van der Waals surface area contributed by atoms with Crippen LogP contribution in [0.15, 0.2) is 24.3 Å². The highest BCUT2D eigenvalue weighted by atomic mass is 19.4. The van der Waals surface area contributed by atoms with Gasteiger partial charge in [-0.1, -0.05) is 18.2 Å². The van der Waals surface area contributed by atoms with Crippen LogP contribution in [0.3, 0.4) is 0 Å². The van der Waals surface area contributed by atoms with Gasteiger partial charge in [-0.15, -0.1) is 0 Å². The van der Waals surface area contributed by atoms with Gasteiger partial charge >= 0.3 is 6.18 Å². The van der Waals surface area contributed by atoms with Crippen LogP contribution in [0.2, 0.25) is 0 Å². The summed E-state index contributed by atoms with van der Waals surface area (Å²) in [5.41, 5.74) is 2.36. The third-order valence-electron chi connectivity index (χ3n) is 4.00. The van der Waals surface area contributed by atoms with Gasteiger partial charge < -0.3 is 0 Å². The van der Waals surface area contributed by atoms with Crippen molar-refractivity contribution in [1.82, 2.24) is 10.4 Å². The number of amides is 1. The zero-order chi connectivity index (χ0) is 17.3. The van der Waals surface area contributed by atoms with Crippen LogP contribution in [-0.4, -0.2) is 28.7 Å². The van der Waals surface area contributed by atoms with Crippen LogP contribution in [0.1, 0.15) is 37.8 Å². The Balaban J connectivity index is 2.21. The van der Waals surface area contributed by atoms with Gasteiger partial charge in [0.15, 0.2) is 0 Å². The molecular formula is C16H18F3N3O. The van der Waals surface area contributed by atoms with Crippen molar-refractivity contribution in [3.63, 3.8) is 0 Å². The van der Waals surface area contributed by atoms with Crippen molar-refractivity contribution in [2.24, 2.45) is 0 Å². The van der Waals surface area contributed by atoms with Crippen molar-refractivity contribution in [3.8, 4) is 6.07 Å². The zero-order valence-electron chi connectivity index (χ0n) is 12.9. The summed E-state index contributed by atoms with van der Waals surface area (Å²) in [6, 6.07) is 6.79. The molecule has 23 heavy (non-hydrogen) atoms. The van der Waals surface area contributed by atoms with E-state index in [1.807, 2.05) is 6.07 Å². The maximum absolute atomic E-state index is 13.5. The summed E-state index contributed by atoms with van der Waals surface area (Å²) in [5.74, 6) is -0.415. The lowest BCUT2D eigenvalue weighted by Gasteiger charge is -2.37. The summed E-state index contributed by atoms with van der Waals surface area (Å²) < 4.78 is 40.4. The average Bonchev–Trinajstić information content (AvgIpc) is 2.71. The summed E-state index contributed by atoms with van der Waals surface area (Å²) in [4.78, 5) is 11.5. The Morgan fingerprint density at radius 1 is 1.39 bits per heavy atom. The van der Waals surface area contributed by atoms with E-state index in [-0.39, 0.29) is 19.3 Å². The van der Waals surface area contributed by atoms with Gasteiger partial charge in [-0.2, -0.15) is 18.4 Å². The van der Waals surface area contributed by atoms with Crippen LogP contribution in [-0.2, 0) is 11.2 Å². The lowest BCUT2D eigenvalue weighted by molar-refractivity contribution is -0.202. The fourth-order valence-electron chi connectivity index (χ4n) is 2.88. The third-order valence-corrected chi connectivity index (χ3v) is 4.00. The molecule has 7 heteroatoms. The first-order valence-electron chi connectivity index (χ1n) is 7.29. The number of carbonyl (C=O) groups is 1. The molecule has 2 rings (SSSR count). The standard InChI is InChI=1S/C16H18F3N3O/c1-15(2)9-14(23)21-22(15)13(16(17,18)19)8-7-11-5-3-4-6-12(11)10-20/h3-6,13H,7-9H2,1-2H3,(H,21,23)/t13-/m0/s1. The third kappa shape index (κ3) is 3.82. The molecule has 0 unspecified atom stereocenters. The molecule has 1 saturated heterocycles. The number of alkyl halides is 3. The van der Waals surface area contributed by atoms with E-state index in [4.69, 9.17) is 5.26 Å². The van der Waals surface area contributed by atoms with Gasteiger partial charge in [0, 0.05) is 12.0 Å². The van der Waals surface area contributed by atoms with Crippen LogP contribution in [0.5, 0.6) is 0 Å². The number of nitrogens with one attached hydrogen (secondary N) is 1. The highest BCUT2D eigenvalue weighted by molar-refractivity contribution is 5.78. The molecule has 0 radical (unpaired) electrons. The molecule has 1 aromatic rings. The smallest absolute Gasteiger partial charge is 0.288 e. The zero-order valence-corrected chi connectivity index (χ0v) is 12.9. The van der Waals surface area contributed by atoms with Gasteiger partial charge in [0.25, 0.3) is 0 Å². The molecule has 1 aliphatic heterocycles. The number of hydrogen-bond donors (Lipinski definition) is 1. The van der Waals surface area contributed by atoms with Gasteiger partial charge in [0.1, 0.15) is 6.04 Å². The molecule has 0 bridgehead atoms. The second-order valence-electron chi connectivity index (χ2n) is 6.26. The molecular weight excluding hydrogens is 307 g/mol. The van der Waals surface area contributed by atoms with E-state index < -0.39 is 23.7 Å². The molecule has 1 aromatic carbocycles. The van der Waals surface area contributed by atoms with Crippen molar-refractivity contribution in [2.75, 3.05) is 0 Å². The number of hydrazine groups is 1. The molecule has 1 fully saturated rings. The number of nitriles is 1. The fourth-order valence-corrected chi connectivity index (χ4v) is 2.88. The first kappa shape index (κ1) is 17.3. The normalized spacial score (nSPS) is 19.2. The minimum Gasteiger partial charge on any atom is -0.288 e. The Hall–Kier alpha value is -2.07. The molecule has 0 saturated carbocycles. The summed E-state index contributed by atoms with van der Waals surface area (Å²) in [6.07, 6.45) is -4.58. The van der Waals surface area contributed by atoms with Gasteiger partial charge in [-0.05, 0) is 38.3 Å². The Labute approximate surface area is 132 Å². The highest BCUT2D eigenvalue weighted by Gasteiger charge is 2.51. The van der Waals surface area contributed by atoms with E-state index in [1.54, 1.807) is 38.1 Å². The molecule has 124 valence electrons. The van der Waals surface area contributed by atoms with E-state index in [9.17, 15) is 18.0 Å². The largest absolute Gasteiger partial charge is 0.405 e. The van der Waals surface area contributed by atoms with Crippen molar-refractivity contribution < 1.29 is 18.0 Å². The number of aryl methyl sites for hydroxylation is 1. The number of benzene rings is 1. The minimum absolute atomic E-state index is 0.0222. The Morgan fingerprint density at radius 3 is 2.57 bits per heavy atom. The van der Waals surface area contributed by atoms with E-state index in [1.165, 1.54) is 0 Å². The minimum atomic E-state index is -4.48. The van der Waals surface area contributed by atoms with Crippen LogP contribution in [0, 0.1) is 11.3 Å². The number of rotatable bonds is 4. The predicted molar refractivity (Wildman–Crippen MR) is 78.0 cm³/mol. The topological polar surface area (TPSA) is 56.1 Å². The van der Waals surface area contributed by atoms with Gasteiger partial charge in [-0.3, -0.25) is 10.2 Å². The Kier molecular flexibility index (Phi) is 4.66. The number of nitrogens with zero attached hydrogens (tertiary/aromatic N) is 2. The van der Waals surface area contributed by atoms with Crippen LogP contribution in [0.4, 0.5) is 13.2 Å². The highest BCUT2D eigenvalue weighted by Crippen LogP contribution is 2.35.